The smallest absolute Gasteiger partial charge is 0.465 e. The minimum absolute atomic E-state index is 0.0923. The van der Waals surface area contributed by atoms with Gasteiger partial charge in [-0.2, -0.15) is 0 Å². The van der Waals surface area contributed by atoms with Gasteiger partial charge in [-0.15, -0.1) is 0 Å². The van der Waals surface area contributed by atoms with Gasteiger partial charge in [0.05, 0.1) is 23.3 Å². The number of rotatable bonds is 6. The van der Waals surface area contributed by atoms with Gasteiger partial charge in [-0.1, -0.05) is 18.2 Å². The summed E-state index contributed by atoms with van der Waals surface area (Å²) in [6, 6.07) is 9.40. The van der Waals surface area contributed by atoms with Crippen LogP contribution in [0.15, 0.2) is 47.5 Å². The summed E-state index contributed by atoms with van der Waals surface area (Å²) >= 11 is 0. The molecule has 2 aliphatic heterocycles. The van der Waals surface area contributed by atoms with E-state index in [-0.39, 0.29) is 36.2 Å². The molecule has 2 aliphatic rings. The number of fused-ring (bicyclic) bond motifs is 1. The zero-order valence-corrected chi connectivity index (χ0v) is 22.9. The Kier molecular flexibility index (Phi) is 6.76. The number of pyridine rings is 1. The first-order valence-corrected chi connectivity index (χ1v) is 13.1. The molecule has 5 rings (SSSR count). The van der Waals surface area contributed by atoms with Gasteiger partial charge in [0.25, 0.3) is 5.56 Å². The van der Waals surface area contributed by atoms with Crippen molar-refractivity contribution in [3.8, 4) is 11.1 Å². The maximum Gasteiger partial charge on any atom is 0.495 e. The molecule has 1 atom stereocenters. The molecule has 39 heavy (non-hydrogen) atoms. The van der Waals surface area contributed by atoms with E-state index in [4.69, 9.17) is 9.31 Å². The molecule has 0 radical (unpaired) electrons. The summed E-state index contributed by atoms with van der Waals surface area (Å²) in [7, 11) is -0.492. The average Bonchev–Trinajstić information content (AvgIpc) is 3.37. The Morgan fingerprint density at radius 2 is 1.92 bits per heavy atom. The largest absolute Gasteiger partial charge is 0.495 e. The van der Waals surface area contributed by atoms with Gasteiger partial charge >= 0.3 is 13.2 Å². The summed E-state index contributed by atoms with van der Waals surface area (Å²) in [6.45, 7) is 10.1. The van der Waals surface area contributed by atoms with Gasteiger partial charge in [0.1, 0.15) is 5.65 Å². The molecular weight excluding hydrogens is 499 g/mol. The molecule has 0 spiro atoms. The molecule has 4 heterocycles. The molecule has 0 unspecified atom stereocenters. The van der Waals surface area contributed by atoms with Gasteiger partial charge in [0, 0.05) is 31.4 Å². The molecule has 0 aliphatic carbocycles. The van der Waals surface area contributed by atoms with Gasteiger partial charge in [0.2, 0.25) is 5.91 Å². The fourth-order valence-electron chi connectivity index (χ4n) is 5.08. The highest BCUT2D eigenvalue weighted by Crippen LogP contribution is 2.37. The molecule has 11 heteroatoms. The third kappa shape index (κ3) is 5.04. The lowest BCUT2D eigenvalue weighted by molar-refractivity contribution is -0.119. The Balaban J connectivity index is 1.42. The van der Waals surface area contributed by atoms with E-state index in [0.717, 1.165) is 27.1 Å². The van der Waals surface area contributed by atoms with Gasteiger partial charge in [-0.25, -0.2) is 9.78 Å². The number of carboxylic acid groups (broad SMARTS) is 1. The number of benzene rings is 1. The SMILES string of the molecule is Cc1c(B2OC(C)(C)C(C)(C)O2)cccc1-c1ccn2c(=O)c(CN(C[C@@H]3CCC(=O)N3)C(=O)O)cnc2c1. The van der Waals surface area contributed by atoms with Crippen LogP contribution in [0.25, 0.3) is 16.8 Å². The van der Waals surface area contributed by atoms with Gasteiger partial charge in [-0.05, 0) is 75.3 Å². The molecule has 0 bridgehead atoms. The summed E-state index contributed by atoms with van der Waals surface area (Å²) < 4.78 is 14.0. The number of aromatic nitrogens is 2. The van der Waals surface area contributed by atoms with Crippen molar-refractivity contribution in [3.05, 3.63) is 64.2 Å². The second-order valence-electron chi connectivity index (χ2n) is 11.3. The molecule has 204 valence electrons. The number of hydrogen-bond donors (Lipinski definition) is 2. The third-order valence-electron chi connectivity index (χ3n) is 8.13. The molecule has 3 aromatic rings. The third-order valence-corrected chi connectivity index (χ3v) is 8.13. The monoisotopic (exact) mass is 532 g/mol. The van der Waals surface area contributed by atoms with Crippen LogP contribution in [0, 0.1) is 6.92 Å². The Morgan fingerprint density at radius 1 is 1.21 bits per heavy atom. The minimum atomic E-state index is -1.16. The van der Waals surface area contributed by atoms with Crippen LogP contribution in [0.4, 0.5) is 4.79 Å². The van der Waals surface area contributed by atoms with Crippen LogP contribution in [-0.2, 0) is 20.6 Å². The number of nitrogens with one attached hydrogen (secondary N) is 1. The summed E-state index contributed by atoms with van der Waals surface area (Å²) in [6.07, 6.45) is 2.87. The number of amides is 2. The van der Waals surface area contributed by atoms with Crippen molar-refractivity contribution in [1.29, 1.82) is 0 Å². The van der Waals surface area contributed by atoms with Crippen LogP contribution >= 0.6 is 0 Å². The van der Waals surface area contributed by atoms with Gasteiger partial charge in [-0.3, -0.25) is 14.0 Å². The highest BCUT2D eigenvalue weighted by Gasteiger charge is 2.52. The number of carbonyl (C=O) groups excluding carboxylic acids is 1. The van der Waals surface area contributed by atoms with E-state index in [1.54, 1.807) is 6.20 Å². The molecule has 2 amide bonds. The van der Waals surface area contributed by atoms with Gasteiger partial charge in [0.15, 0.2) is 0 Å². The fourth-order valence-corrected chi connectivity index (χ4v) is 5.08. The number of nitrogens with zero attached hydrogens (tertiary/aromatic N) is 3. The van der Waals surface area contributed by atoms with E-state index >= 15 is 0 Å². The van der Waals surface area contributed by atoms with Crippen LogP contribution in [0.1, 0.15) is 51.7 Å². The van der Waals surface area contributed by atoms with E-state index in [2.05, 4.69) is 10.3 Å². The zero-order valence-electron chi connectivity index (χ0n) is 22.9. The van der Waals surface area contributed by atoms with Crippen molar-refractivity contribution >= 4 is 30.2 Å². The van der Waals surface area contributed by atoms with E-state index in [9.17, 15) is 19.5 Å². The lowest BCUT2D eigenvalue weighted by atomic mass is 9.74. The first-order valence-electron chi connectivity index (χ1n) is 13.1. The molecule has 2 saturated heterocycles. The minimum Gasteiger partial charge on any atom is -0.465 e. The predicted molar refractivity (Wildman–Crippen MR) is 147 cm³/mol. The number of hydrogen-bond acceptors (Lipinski definition) is 6. The highest BCUT2D eigenvalue weighted by atomic mass is 16.7. The van der Waals surface area contributed by atoms with Crippen LogP contribution in [0.5, 0.6) is 0 Å². The zero-order chi connectivity index (χ0) is 28.1. The van der Waals surface area contributed by atoms with E-state index in [1.807, 2.05) is 65.0 Å². The first kappa shape index (κ1) is 26.9. The molecule has 0 saturated carbocycles. The lowest BCUT2D eigenvalue weighted by Crippen LogP contribution is -2.42. The van der Waals surface area contributed by atoms with Crippen molar-refractivity contribution in [1.82, 2.24) is 19.6 Å². The number of carbonyl (C=O) groups is 2. The van der Waals surface area contributed by atoms with Crippen molar-refractivity contribution in [2.45, 2.75) is 71.2 Å². The second-order valence-corrected chi connectivity index (χ2v) is 11.3. The summed E-state index contributed by atoms with van der Waals surface area (Å²) in [5, 5.41) is 12.4. The molecule has 2 aromatic heterocycles. The van der Waals surface area contributed by atoms with Crippen LogP contribution in [0.2, 0.25) is 0 Å². The Bertz CT molecular complexity index is 1500. The van der Waals surface area contributed by atoms with Crippen LogP contribution in [0.3, 0.4) is 0 Å². The molecular formula is C28H33BN4O6. The second kappa shape index (κ2) is 9.80. The van der Waals surface area contributed by atoms with Crippen LogP contribution in [-0.4, -0.2) is 62.3 Å². The van der Waals surface area contributed by atoms with Crippen molar-refractivity contribution in [2.24, 2.45) is 0 Å². The Morgan fingerprint density at radius 3 is 2.56 bits per heavy atom. The molecule has 2 N–H and O–H groups in total. The average molecular weight is 532 g/mol. The van der Waals surface area contributed by atoms with E-state index in [1.165, 1.54) is 10.6 Å². The predicted octanol–water partition coefficient (Wildman–Crippen LogP) is 2.73. The summed E-state index contributed by atoms with van der Waals surface area (Å²) in [5.41, 5.74) is 3.27. The molecule has 2 fully saturated rings. The summed E-state index contributed by atoms with van der Waals surface area (Å²) in [4.78, 5) is 42.2. The fraction of sp³-hybridized carbons (Fsp3) is 0.429. The molecule has 1 aromatic carbocycles. The van der Waals surface area contributed by atoms with Crippen molar-refractivity contribution in [2.75, 3.05) is 6.54 Å². The maximum absolute atomic E-state index is 13.2. The normalized spacial score (nSPS) is 19.9. The van der Waals surface area contributed by atoms with Gasteiger partial charge < -0.3 is 24.6 Å². The molecule has 10 nitrogen and oxygen atoms in total. The highest BCUT2D eigenvalue weighted by molar-refractivity contribution is 6.62. The van der Waals surface area contributed by atoms with Crippen LogP contribution < -0.4 is 16.3 Å². The topological polar surface area (TPSA) is 122 Å². The first-order chi connectivity index (χ1) is 18.4. The lowest BCUT2D eigenvalue weighted by Gasteiger charge is -2.32. The van der Waals surface area contributed by atoms with Crippen molar-refractivity contribution < 1.29 is 24.0 Å². The van der Waals surface area contributed by atoms with E-state index in [0.29, 0.717) is 18.5 Å². The quantitative estimate of drug-likeness (QED) is 0.468. The Labute approximate surface area is 227 Å². The standard InChI is InChI=1S/C28H33BN4O6/c1-17-21(7-6-8-22(17)29-38-27(2,3)28(4,5)39-29)18-11-12-33-23(13-18)30-14-19(25(33)35)15-32(26(36)37)16-20-9-10-24(34)31-20/h6-8,11-14,20H,9-10,15-16H2,1-5H3,(H,31,34)(H,36,37)/t20-/m0/s1. The summed E-state index contributed by atoms with van der Waals surface area (Å²) in [5.74, 6) is -0.0923. The maximum atomic E-state index is 13.2. The van der Waals surface area contributed by atoms with Crippen molar-refractivity contribution in [3.63, 3.8) is 0 Å². The Hall–Kier alpha value is -3.70. The van der Waals surface area contributed by atoms with E-state index < -0.39 is 24.4 Å².